The van der Waals surface area contributed by atoms with E-state index in [1.807, 2.05) is 30.3 Å². The molecular formula is C23H26N4O3S2. The van der Waals surface area contributed by atoms with E-state index in [9.17, 15) is 9.59 Å². The number of aromatic nitrogens is 2. The Labute approximate surface area is 194 Å². The van der Waals surface area contributed by atoms with Crippen LogP contribution < -0.4 is 16.2 Å². The minimum Gasteiger partial charge on any atom is -0.462 e. The lowest BCUT2D eigenvalue weighted by Gasteiger charge is -2.33. The first-order valence-corrected chi connectivity index (χ1v) is 12.2. The number of anilines is 2. The van der Waals surface area contributed by atoms with E-state index < -0.39 is 5.97 Å². The van der Waals surface area contributed by atoms with Crippen molar-refractivity contribution in [3.63, 3.8) is 0 Å². The van der Waals surface area contributed by atoms with E-state index in [0.29, 0.717) is 32.1 Å². The Balaban J connectivity index is 2.09. The van der Waals surface area contributed by atoms with E-state index in [-0.39, 0.29) is 24.2 Å². The van der Waals surface area contributed by atoms with Crippen LogP contribution >= 0.6 is 22.7 Å². The number of nitrogen functional groups attached to an aromatic ring is 1. The third-order valence-corrected chi connectivity index (χ3v) is 7.63. The van der Waals surface area contributed by atoms with Crippen molar-refractivity contribution in [3.8, 4) is 5.69 Å². The van der Waals surface area contributed by atoms with Gasteiger partial charge in [0.1, 0.15) is 15.1 Å². The van der Waals surface area contributed by atoms with Gasteiger partial charge in [0.25, 0.3) is 5.56 Å². The van der Waals surface area contributed by atoms with E-state index in [0.717, 1.165) is 9.70 Å². The van der Waals surface area contributed by atoms with Crippen molar-refractivity contribution >= 4 is 59.9 Å². The molecule has 0 unspecified atom stereocenters. The number of carbonyl (C=O) groups is 1. The Kier molecular flexibility index (Phi) is 5.96. The summed E-state index contributed by atoms with van der Waals surface area (Å²) in [5.74, 6) is 0.108. The van der Waals surface area contributed by atoms with Crippen LogP contribution in [0.4, 0.5) is 11.6 Å². The molecule has 32 heavy (non-hydrogen) atoms. The second-order valence-corrected chi connectivity index (χ2v) is 10.3. The van der Waals surface area contributed by atoms with Crippen LogP contribution in [0.1, 0.15) is 44.3 Å². The molecule has 0 aliphatic carbocycles. The van der Waals surface area contributed by atoms with Gasteiger partial charge in [0.2, 0.25) is 5.95 Å². The maximum atomic E-state index is 13.8. The summed E-state index contributed by atoms with van der Waals surface area (Å²) in [6.45, 7) is 10.3. The zero-order valence-electron chi connectivity index (χ0n) is 18.7. The van der Waals surface area contributed by atoms with Crippen LogP contribution in [-0.4, -0.2) is 34.2 Å². The van der Waals surface area contributed by atoms with Gasteiger partial charge in [0.15, 0.2) is 0 Å². The molecule has 0 saturated carbocycles. The highest BCUT2D eigenvalue weighted by atomic mass is 32.2. The number of hydrogen-bond donors (Lipinski definition) is 1. The van der Waals surface area contributed by atoms with Crippen LogP contribution in [0.25, 0.3) is 25.3 Å². The Morgan fingerprint density at radius 1 is 1.16 bits per heavy atom. The standard InChI is InChI=1S/C23H26N4O3S2/c1-6-30-21(29)18-16(24)15-17-19(32-22(15)31-18)20(28)27(14-10-8-7-9-11-14)23(25-17)26(12(2)3)13(4)5/h7-13H,6,24H2,1-5H3. The maximum absolute atomic E-state index is 13.8. The third kappa shape index (κ3) is 3.55. The van der Waals surface area contributed by atoms with E-state index in [1.165, 1.54) is 22.7 Å². The van der Waals surface area contributed by atoms with Crippen molar-refractivity contribution in [2.45, 2.75) is 46.7 Å². The lowest BCUT2D eigenvalue weighted by atomic mass is 10.2. The molecule has 0 fully saturated rings. The number of fused-ring (bicyclic) bond motifs is 3. The van der Waals surface area contributed by atoms with Gasteiger partial charge in [-0.2, -0.15) is 0 Å². The topological polar surface area (TPSA) is 90.5 Å². The molecule has 0 aliphatic rings. The zero-order valence-corrected chi connectivity index (χ0v) is 20.3. The van der Waals surface area contributed by atoms with Gasteiger partial charge in [-0.3, -0.25) is 4.79 Å². The number of benzene rings is 1. The first-order chi connectivity index (χ1) is 15.3. The van der Waals surface area contributed by atoms with Gasteiger partial charge in [-0.1, -0.05) is 18.2 Å². The van der Waals surface area contributed by atoms with Crippen LogP contribution in [0.3, 0.4) is 0 Å². The van der Waals surface area contributed by atoms with Gasteiger partial charge in [-0.15, -0.1) is 22.7 Å². The highest BCUT2D eigenvalue weighted by molar-refractivity contribution is 7.42. The fraction of sp³-hybridized carbons (Fsp3) is 0.348. The van der Waals surface area contributed by atoms with Gasteiger partial charge in [-0.05, 0) is 46.8 Å². The van der Waals surface area contributed by atoms with Gasteiger partial charge >= 0.3 is 5.97 Å². The van der Waals surface area contributed by atoms with Crippen molar-refractivity contribution in [3.05, 3.63) is 45.6 Å². The molecule has 168 valence electrons. The molecule has 0 radical (unpaired) electrons. The fourth-order valence-corrected chi connectivity index (χ4v) is 6.39. The van der Waals surface area contributed by atoms with Crippen LogP contribution in [0.15, 0.2) is 35.1 Å². The van der Waals surface area contributed by atoms with Gasteiger partial charge in [0.05, 0.1) is 27.4 Å². The number of hydrogen-bond acceptors (Lipinski definition) is 8. The SMILES string of the molecule is CCOC(=O)c1sc2sc3c(=O)n(-c4ccccc4)c(N(C(C)C)C(C)C)nc3c2c1N. The minimum absolute atomic E-state index is 0.110. The molecule has 9 heteroatoms. The molecule has 0 amide bonds. The fourth-order valence-electron chi connectivity index (χ4n) is 3.96. The van der Waals surface area contributed by atoms with Crippen LogP contribution in [-0.2, 0) is 4.74 Å². The summed E-state index contributed by atoms with van der Waals surface area (Å²) >= 11 is 2.57. The molecule has 0 saturated heterocycles. The molecule has 2 N–H and O–H groups in total. The molecule has 4 rings (SSSR count). The smallest absolute Gasteiger partial charge is 0.350 e. The van der Waals surface area contributed by atoms with Crippen molar-refractivity contribution in [2.75, 3.05) is 17.2 Å². The molecule has 0 spiro atoms. The Hall–Kier alpha value is -2.91. The molecule has 3 heterocycles. The number of nitrogens with zero attached hydrogens (tertiary/aromatic N) is 3. The van der Waals surface area contributed by atoms with E-state index in [1.54, 1.807) is 11.5 Å². The van der Waals surface area contributed by atoms with E-state index >= 15 is 0 Å². The number of nitrogens with two attached hydrogens (primary N) is 1. The van der Waals surface area contributed by atoms with Crippen molar-refractivity contribution in [2.24, 2.45) is 0 Å². The molecular weight excluding hydrogens is 444 g/mol. The first-order valence-electron chi connectivity index (χ1n) is 10.5. The summed E-state index contributed by atoms with van der Waals surface area (Å²) in [6, 6.07) is 9.75. The summed E-state index contributed by atoms with van der Waals surface area (Å²) in [6.07, 6.45) is 0. The van der Waals surface area contributed by atoms with Gasteiger partial charge < -0.3 is 15.4 Å². The molecule has 4 aromatic rings. The molecule has 7 nitrogen and oxygen atoms in total. The predicted octanol–water partition coefficient (Wildman–Crippen LogP) is 5.04. The molecule has 1 aromatic carbocycles. The Bertz CT molecular complexity index is 1340. The number of esters is 1. The first kappa shape index (κ1) is 22.3. The summed E-state index contributed by atoms with van der Waals surface area (Å²) in [4.78, 5) is 33.6. The second-order valence-electron chi connectivity index (χ2n) is 7.99. The average Bonchev–Trinajstić information content (AvgIpc) is 3.26. The molecule has 0 aliphatic heterocycles. The maximum Gasteiger partial charge on any atom is 0.350 e. The Morgan fingerprint density at radius 2 is 1.81 bits per heavy atom. The minimum atomic E-state index is -0.449. The van der Waals surface area contributed by atoms with Crippen LogP contribution in [0.5, 0.6) is 0 Å². The summed E-state index contributed by atoms with van der Waals surface area (Å²) in [5, 5.41) is 0.657. The molecule has 0 bridgehead atoms. The van der Waals surface area contributed by atoms with Gasteiger partial charge in [0, 0.05) is 12.1 Å². The van der Waals surface area contributed by atoms with Crippen LogP contribution in [0.2, 0.25) is 0 Å². The highest BCUT2D eigenvalue weighted by Gasteiger charge is 2.27. The number of ether oxygens (including phenoxy) is 1. The Morgan fingerprint density at radius 3 is 2.41 bits per heavy atom. The van der Waals surface area contributed by atoms with Gasteiger partial charge in [-0.25, -0.2) is 14.3 Å². The number of para-hydroxylation sites is 1. The van der Waals surface area contributed by atoms with Crippen molar-refractivity contribution in [1.29, 1.82) is 0 Å². The highest BCUT2D eigenvalue weighted by Crippen LogP contribution is 2.43. The summed E-state index contributed by atoms with van der Waals surface area (Å²) in [7, 11) is 0. The van der Waals surface area contributed by atoms with Crippen molar-refractivity contribution in [1.82, 2.24) is 9.55 Å². The number of carbonyl (C=O) groups excluding carboxylic acids is 1. The molecule has 3 aromatic heterocycles. The van der Waals surface area contributed by atoms with Crippen molar-refractivity contribution < 1.29 is 9.53 Å². The third-order valence-electron chi connectivity index (χ3n) is 5.19. The number of rotatable bonds is 6. The number of thiophene rings is 2. The second kappa shape index (κ2) is 8.55. The average molecular weight is 471 g/mol. The predicted molar refractivity (Wildman–Crippen MR) is 134 cm³/mol. The quantitative estimate of drug-likeness (QED) is 0.397. The normalized spacial score (nSPS) is 11.7. The largest absolute Gasteiger partial charge is 0.462 e. The summed E-state index contributed by atoms with van der Waals surface area (Å²) in [5.41, 5.74) is 7.85. The molecule has 0 atom stereocenters. The van der Waals surface area contributed by atoms with E-state index in [2.05, 4.69) is 32.6 Å². The lowest BCUT2D eigenvalue weighted by molar-refractivity contribution is 0.0533. The summed E-state index contributed by atoms with van der Waals surface area (Å²) < 4.78 is 8.13. The lowest BCUT2D eigenvalue weighted by Crippen LogP contribution is -2.41. The van der Waals surface area contributed by atoms with Crippen LogP contribution in [0, 0.1) is 0 Å². The zero-order chi connectivity index (χ0) is 23.2. The monoisotopic (exact) mass is 470 g/mol. The van der Waals surface area contributed by atoms with E-state index in [4.69, 9.17) is 15.5 Å².